The second-order valence-corrected chi connectivity index (χ2v) is 4.43. The molecule has 0 aliphatic rings. The molecule has 1 heterocycles. The van der Waals surface area contributed by atoms with Crippen molar-refractivity contribution in [1.82, 2.24) is 14.9 Å². The molecule has 0 saturated heterocycles. The smallest absolute Gasteiger partial charge is 0.330 e. The number of fused-ring (bicyclic) bond motifs is 1. The van der Waals surface area contributed by atoms with Crippen LogP contribution in [-0.2, 0) is 20.9 Å². The lowest BCUT2D eigenvalue weighted by Gasteiger charge is -2.16. The molecule has 1 aromatic heterocycles. The molecule has 2 rings (SSSR count). The van der Waals surface area contributed by atoms with Crippen molar-refractivity contribution in [1.29, 1.82) is 0 Å². The van der Waals surface area contributed by atoms with Gasteiger partial charge in [-0.1, -0.05) is 0 Å². The Kier molecular flexibility index (Phi) is 4.15. The molecule has 0 aliphatic carbocycles. The molecule has 1 N–H and O–H groups in total. The van der Waals surface area contributed by atoms with E-state index in [9.17, 15) is 18.4 Å². The summed E-state index contributed by atoms with van der Waals surface area (Å²) in [5.41, 5.74) is 0.563. The molecule has 21 heavy (non-hydrogen) atoms. The topological polar surface area (TPSA) is 73.2 Å². The largest absolute Gasteiger partial charge is 0.467 e. The first-order chi connectivity index (χ1) is 9.92. The van der Waals surface area contributed by atoms with Crippen molar-refractivity contribution in [2.75, 3.05) is 7.11 Å². The average molecular weight is 297 g/mol. The fourth-order valence-electron chi connectivity index (χ4n) is 1.96. The molecule has 0 bridgehead atoms. The van der Waals surface area contributed by atoms with E-state index in [1.807, 2.05) is 0 Å². The van der Waals surface area contributed by atoms with Gasteiger partial charge in [0, 0.05) is 19.1 Å². The predicted octanol–water partition coefficient (Wildman–Crippen LogP) is 0.992. The van der Waals surface area contributed by atoms with Crippen LogP contribution < -0.4 is 5.32 Å². The number of benzene rings is 1. The third-order valence-corrected chi connectivity index (χ3v) is 2.91. The molecule has 0 spiro atoms. The second-order valence-electron chi connectivity index (χ2n) is 4.43. The van der Waals surface area contributed by atoms with Crippen LogP contribution in [0.1, 0.15) is 6.92 Å². The third-order valence-electron chi connectivity index (χ3n) is 2.91. The zero-order valence-electron chi connectivity index (χ0n) is 11.4. The molecular weight excluding hydrogens is 284 g/mol. The number of imidazole rings is 1. The Hall–Kier alpha value is -2.51. The Bertz CT molecular complexity index is 699. The Morgan fingerprint density at radius 2 is 2.05 bits per heavy atom. The van der Waals surface area contributed by atoms with Crippen LogP contribution in [0.15, 0.2) is 18.5 Å². The Labute approximate surface area is 118 Å². The van der Waals surface area contributed by atoms with E-state index < -0.39 is 29.6 Å². The summed E-state index contributed by atoms with van der Waals surface area (Å²) >= 11 is 0. The van der Waals surface area contributed by atoms with Crippen LogP contribution in [0, 0.1) is 11.6 Å². The third kappa shape index (κ3) is 3.15. The first-order valence-corrected chi connectivity index (χ1v) is 6.07. The van der Waals surface area contributed by atoms with Crippen molar-refractivity contribution in [2.45, 2.75) is 19.5 Å². The Morgan fingerprint density at radius 3 is 2.67 bits per heavy atom. The summed E-state index contributed by atoms with van der Waals surface area (Å²) in [5, 5.41) is 2.43. The fraction of sp³-hybridized carbons (Fsp3) is 0.308. The van der Waals surface area contributed by atoms with Crippen LogP contribution in [0.2, 0.25) is 0 Å². The number of methoxy groups -OCH3 is 1. The number of rotatable bonds is 4. The van der Waals surface area contributed by atoms with E-state index in [0.29, 0.717) is 5.52 Å². The van der Waals surface area contributed by atoms with E-state index in [1.165, 1.54) is 24.9 Å². The summed E-state index contributed by atoms with van der Waals surface area (Å²) in [6, 6.07) is 1.00. The van der Waals surface area contributed by atoms with Crippen LogP contribution in [0.4, 0.5) is 8.78 Å². The second kappa shape index (κ2) is 5.86. The summed E-state index contributed by atoms with van der Waals surface area (Å²) in [4.78, 5) is 26.7. The number of nitrogens with one attached hydrogen (secondary N) is 1. The summed E-state index contributed by atoms with van der Waals surface area (Å²) in [6.07, 6.45) is 1.33. The van der Waals surface area contributed by atoms with Gasteiger partial charge >= 0.3 is 5.97 Å². The lowest BCUT2D eigenvalue weighted by atomic mass is 10.2. The van der Waals surface area contributed by atoms with E-state index in [2.05, 4.69) is 15.0 Å². The standard InChI is InChI=1S/C13H13F2N3O3/c1-7(19)17-11(13(20)21-2)5-18-6-16-10-3-8(14)9(15)4-12(10)18/h3-4,6,11H,5H2,1-2H3,(H,17,19). The van der Waals surface area contributed by atoms with Crippen LogP contribution in [0.5, 0.6) is 0 Å². The highest BCUT2D eigenvalue weighted by molar-refractivity contribution is 5.83. The molecule has 0 saturated carbocycles. The highest BCUT2D eigenvalue weighted by Gasteiger charge is 2.22. The first-order valence-electron chi connectivity index (χ1n) is 6.07. The van der Waals surface area contributed by atoms with Gasteiger partial charge in [0.25, 0.3) is 0 Å². The Balaban J connectivity index is 2.34. The van der Waals surface area contributed by atoms with E-state index in [1.54, 1.807) is 0 Å². The number of carbonyl (C=O) groups is 2. The zero-order valence-corrected chi connectivity index (χ0v) is 11.4. The van der Waals surface area contributed by atoms with Gasteiger partial charge in [0.1, 0.15) is 6.04 Å². The molecule has 6 nitrogen and oxygen atoms in total. The molecule has 112 valence electrons. The van der Waals surface area contributed by atoms with Crippen LogP contribution in [0.3, 0.4) is 0 Å². The Morgan fingerprint density at radius 1 is 1.38 bits per heavy atom. The van der Waals surface area contributed by atoms with Crippen molar-refractivity contribution >= 4 is 22.9 Å². The number of ether oxygens (including phenoxy) is 1. The van der Waals surface area contributed by atoms with Gasteiger partial charge in [-0.15, -0.1) is 0 Å². The van der Waals surface area contributed by atoms with E-state index >= 15 is 0 Å². The molecule has 0 aliphatic heterocycles. The molecule has 1 unspecified atom stereocenters. The number of esters is 1. The summed E-state index contributed by atoms with van der Waals surface area (Å²) in [6.45, 7) is 1.25. The number of amides is 1. The monoisotopic (exact) mass is 297 g/mol. The van der Waals surface area contributed by atoms with Gasteiger partial charge in [-0.3, -0.25) is 4.79 Å². The summed E-state index contributed by atoms with van der Waals surface area (Å²) in [7, 11) is 1.19. The minimum Gasteiger partial charge on any atom is -0.467 e. The highest BCUT2D eigenvalue weighted by atomic mass is 19.2. The highest BCUT2D eigenvalue weighted by Crippen LogP contribution is 2.17. The van der Waals surface area contributed by atoms with Crippen LogP contribution in [0.25, 0.3) is 11.0 Å². The lowest BCUT2D eigenvalue weighted by molar-refractivity contribution is -0.145. The van der Waals surface area contributed by atoms with Crippen molar-refractivity contribution in [3.05, 3.63) is 30.1 Å². The maximum atomic E-state index is 13.3. The van der Waals surface area contributed by atoms with E-state index in [-0.39, 0.29) is 12.1 Å². The fourth-order valence-corrected chi connectivity index (χ4v) is 1.96. The number of hydrogen-bond acceptors (Lipinski definition) is 4. The van der Waals surface area contributed by atoms with Crippen molar-refractivity contribution in [3.63, 3.8) is 0 Å². The normalized spacial score (nSPS) is 12.2. The molecule has 0 fully saturated rings. The molecule has 8 heteroatoms. The van der Waals surface area contributed by atoms with Gasteiger partial charge in [-0.05, 0) is 0 Å². The van der Waals surface area contributed by atoms with Gasteiger partial charge < -0.3 is 14.6 Å². The average Bonchev–Trinajstić information content (AvgIpc) is 2.79. The van der Waals surface area contributed by atoms with Crippen LogP contribution in [-0.4, -0.2) is 34.6 Å². The van der Waals surface area contributed by atoms with Crippen molar-refractivity contribution in [2.24, 2.45) is 0 Å². The molecule has 1 amide bonds. The maximum Gasteiger partial charge on any atom is 0.330 e. The molecule has 1 atom stereocenters. The number of carbonyl (C=O) groups excluding carboxylic acids is 2. The van der Waals surface area contributed by atoms with Gasteiger partial charge in [0.2, 0.25) is 5.91 Å². The maximum absolute atomic E-state index is 13.3. The van der Waals surface area contributed by atoms with Crippen molar-refractivity contribution < 1.29 is 23.1 Å². The minimum atomic E-state index is -1.02. The van der Waals surface area contributed by atoms with E-state index in [0.717, 1.165) is 12.1 Å². The molecule has 0 radical (unpaired) electrons. The number of nitrogens with zero attached hydrogens (tertiary/aromatic N) is 2. The van der Waals surface area contributed by atoms with Gasteiger partial charge in [-0.2, -0.15) is 0 Å². The van der Waals surface area contributed by atoms with Crippen LogP contribution >= 0.6 is 0 Å². The zero-order chi connectivity index (χ0) is 15.6. The van der Waals surface area contributed by atoms with Crippen molar-refractivity contribution in [3.8, 4) is 0 Å². The van der Waals surface area contributed by atoms with Gasteiger partial charge in [0.05, 0.1) is 31.0 Å². The first kappa shape index (κ1) is 14.9. The minimum absolute atomic E-state index is 0.00613. The van der Waals surface area contributed by atoms with Gasteiger partial charge in [-0.25, -0.2) is 18.6 Å². The molecule has 2 aromatic rings. The van der Waals surface area contributed by atoms with E-state index in [4.69, 9.17) is 0 Å². The summed E-state index contributed by atoms with van der Waals surface area (Å²) in [5.74, 6) is -3.07. The SMILES string of the molecule is COC(=O)C(Cn1cnc2cc(F)c(F)cc21)NC(C)=O. The molecule has 1 aromatic carbocycles. The number of aromatic nitrogens is 2. The lowest BCUT2D eigenvalue weighted by Crippen LogP contribution is -2.43. The number of halogens is 2. The summed E-state index contributed by atoms with van der Waals surface area (Å²) < 4.78 is 32.5. The number of hydrogen-bond donors (Lipinski definition) is 1. The quantitative estimate of drug-likeness (QED) is 0.854. The predicted molar refractivity (Wildman–Crippen MR) is 69.3 cm³/mol. The molecular formula is C13H13F2N3O3. The van der Waals surface area contributed by atoms with Gasteiger partial charge in [0.15, 0.2) is 11.6 Å².